The van der Waals surface area contributed by atoms with Gasteiger partial charge in [-0.05, 0) is 12.5 Å². The van der Waals surface area contributed by atoms with Gasteiger partial charge in [-0.25, -0.2) is 14.6 Å². The zero-order valence-electron chi connectivity index (χ0n) is 18.9. The summed E-state index contributed by atoms with van der Waals surface area (Å²) in [5.41, 5.74) is 10.9. The molecule has 0 spiro atoms. The number of amides is 2. The average Bonchev–Trinajstić information content (AvgIpc) is 2.74. The van der Waals surface area contributed by atoms with Crippen LogP contribution in [0, 0.1) is 0 Å². The summed E-state index contributed by atoms with van der Waals surface area (Å²) in [7, 11) is 0. The predicted molar refractivity (Wildman–Crippen MR) is 118 cm³/mol. The molecule has 0 aliphatic carbocycles. The summed E-state index contributed by atoms with van der Waals surface area (Å²) < 4.78 is 10.7. The lowest BCUT2D eigenvalue weighted by atomic mass is 9.92. The molecule has 0 radical (unpaired) electrons. The SMILES string of the molecule is CCCCCCCNC(=O)OC(C(O)CO)[C@@H]1OC(C(=O)O)=C[C@H](N=C(N)N)[C@H]1NC(C)=O. The van der Waals surface area contributed by atoms with Gasteiger partial charge in [0.15, 0.2) is 18.2 Å². The molecule has 0 aromatic rings. The summed E-state index contributed by atoms with van der Waals surface area (Å²) in [6.07, 6.45) is 0.363. The highest BCUT2D eigenvalue weighted by Gasteiger charge is 2.46. The zero-order valence-corrected chi connectivity index (χ0v) is 18.9. The van der Waals surface area contributed by atoms with Crippen molar-refractivity contribution in [2.75, 3.05) is 13.2 Å². The van der Waals surface area contributed by atoms with Gasteiger partial charge in [-0.1, -0.05) is 32.6 Å². The van der Waals surface area contributed by atoms with E-state index in [2.05, 4.69) is 22.5 Å². The molecule has 2 amide bonds. The van der Waals surface area contributed by atoms with Crippen LogP contribution in [-0.2, 0) is 19.1 Å². The Morgan fingerprint density at radius 2 is 1.91 bits per heavy atom. The molecular formula is C20H35N5O8. The van der Waals surface area contributed by atoms with Crippen molar-refractivity contribution >= 4 is 23.9 Å². The van der Waals surface area contributed by atoms with Crippen LogP contribution in [0.5, 0.6) is 0 Å². The van der Waals surface area contributed by atoms with Crippen molar-refractivity contribution in [2.45, 2.75) is 76.3 Å². The summed E-state index contributed by atoms with van der Waals surface area (Å²) in [6, 6.07) is -2.23. The van der Waals surface area contributed by atoms with E-state index in [0.29, 0.717) is 6.54 Å². The number of aliphatic carboxylic acids is 1. The van der Waals surface area contributed by atoms with Crippen molar-refractivity contribution in [1.82, 2.24) is 10.6 Å². The normalized spacial score (nSPS) is 21.6. The van der Waals surface area contributed by atoms with Crippen LogP contribution in [0.25, 0.3) is 0 Å². The standard InChI is InChI=1S/C20H35N5O8/c1-3-4-5-6-7-8-23-20(31)33-16(13(28)10-26)17-15(24-11(2)27)12(25-19(21)22)9-14(32-17)18(29)30/h9,12-13,15-17,26,28H,3-8,10H2,1-2H3,(H,23,31)(H,24,27)(H,29,30)(H4,21,22,25)/t12-,13?,15+,16?,17+/m0/s1. The van der Waals surface area contributed by atoms with Crippen molar-refractivity contribution in [3.05, 3.63) is 11.8 Å². The van der Waals surface area contributed by atoms with Gasteiger partial charge in [-0.15, -0.1) is 0 Å². The van der Waals surface area contributed by atoms with Crippen LogP contribution in [0.4, 0.5) is 4.79 Å². The predicted octanol–water partition coefficient (Wildman–Crippen LogP) is -1.08. The van der Waals surface area contributed by atoms with Crippen LogP contribution in [0.2, 0.25) is 0 Å². The van der Waals surface area contributed by atoms with Gasteiger partial charge in [0.05, 0.1) is 18.7 Å². The van der Waals surface area contributed by atoms with E-state index in [-0.39, 0.29) is 0 Å². The van der Waals surface area contributed by atoms with Crippen LogP contribution in [0.3, 0.4) is 0 Å². The number of guanidine groups is 1. The van der Waals surface area contributed by atoms with E-state index in [4.69, 9.17) is 20.9 Å². The number of aliphatic hydroxyl groups excluding tert-OH is 2. The average molecular weight is 474 g/mol. The van der Waals surface area contributed by atoms with Crippen LogP contribution in [-0.4, -0.2) is 82.8 Å². The fraction of sp³-hybridized carbons (Fsp3) is 0.700. The van der Waals surface area contributed by atoms with Gasteiger partial charge in [0, 0.05) is 13.5 Å². The lowest BCUT2D eigenvalue weighted by molar-refractivity contribution is -0.146. The van der Waals surface area contributed by atoms with Crippen LogP contribution in [0.15, 0.2) is 16.8 Å². The third-order valence-corrected chi connectivity index (χ3v) is 4.87. The molecule has 9 N–H and O–H groups in total. The molecule has 1 rings (SSSR count). The molecule has 13 nitrogen and oxygen atoms in total. The molecule has 13 heteroatoms. The number of alkyl carbamates (subject to hydrolysis) is 1. The second-order valence-corrected chi connectivity index (χ2v) is 7.65. The highest BCUT2D eigenvalue weighted by atomic mass is 16.6. The van der Waals surface area contributed by atoms with E-state index in [1.165, 1.54) is 6.92 Å². The molecule has 33 heavy (non-hydrogen) atoms. The quantitative estimate of drug-likeness (QED) is 0.0974. The first kappa shape index (κ1) is 28.0. The number of ether oxygens (including phenoxy) is 2. The Morgan fingerprint density at radius 1 is 1.24 bits per heavy atom. The fourth-order valence-electron chi connectivity index (χ4n) is 3.35. The Balaban J connectivity index is 3.11. The number of unbranched alkanes of at least 4 members (excludes halogenated alkanes) is 4. The maximum atomic E-state index is 12.3. The third-order valence-electron chi connectivity index (χ3n) is 4.87. The summed E-state index contributed by atoms with van der Waals surface area (Å²) in [6.45, 7) is 2.78. The number of nitrogens with one attached hydrogen (secondary N) is 2. The summed E-state index contributed by atoms with van der Waals surface area (Å²) in [4.78, 5) is 39.6. The molecule has 0 aromatic carbocycles. The number of nitrogens with two attached hydrogens (primary N) is 2. The van der Waals surface area contributed by atoms with Gasteiger partial charge in [0.25, 0.3) is 0 Å². The Kier molecular flexibility index (Phi) is 12.0. The fourth-order valence-corrected chi connectivity index (χ4v) is 3.35. The van der Waals surface area contributed by atoms with Crippen molar-refractivity contribution in [1.29, 1.82) is 0 Å². The first-order valence-electron chi connectivity index (χ1n) is 10.8. The molecule has 0 saturated carbocycles. The Bertz CT molecular complexity index is 725. The number of nitrogens with zero attached hydrogens (tertiary/aromatic N) is 1. The molecule has 0 fully saturated rings. The van der Waals surface area contributed by atoms with Gasteiger partial charge >= 0.3 is 12.1 Å². The molecule has 1 aliphatic rings. The Morgan fingerprint density at radius 3 is 2.45 bits per heavy atom. The molecule has 5 atom stereocenters. The molecule has 2 unspecified atom stereocenters. The molecule has 1 heterocycles. The number of aliphatic imine (C=N–C) groups is 1. The largest absolute Gasteiger partial charge is 0.477 e. The second kappa shape index (κ2) is 14.2. The smallest absolute Gasteiger partial charge is 0.407 e. The van der Waals surface area contributed by atoms with Gasteiger partial charge in [0.2, 0.25) is 11.7 Å². The van der Waals surface area contributed by atoms with Crippen LogP contribution >= 0.6 is 0 Å². The third kappa shape index (κ3) is 9.53. The summed E-state index contributed by atoms with van der Waals surface area (Å²) >= 11 is 0. The van der Waals surface area contributed by atoms with E-state index in [1.807, 2.05) is 0 Å². The zero-order chi connectivity index (χ0) is 25.0. The minimum Gasteiger partial charge on any atom is -0.477 e. The molecule has 1 aliphatic heterocycles. The minimum absolute atomic E-state index is 0.321. The number of carbonyl (C=O) groups excluding carboxylic acids is 2. The minimum atomic E-state index is -1.66. The summed E-state index contributed by atoms with van der Waals surface area (Å²) in [5, 5.41) is 34.3. The van der Waals surface area contributed by atoms with E-state index in [1.54, 1.807) is 0 Å². The van der Waals surface area contributed by atoms with Gasteiger partial charge in [-0.3, -0.25) is 4.79 Å². The Labute approximate surface area is 192 Å². The van der Waals surface area contributed by atoms with Crippen LogP contribution in [0.1, 0.15) is 46.0 Å². The van der Waals surface area contributed by atoms with Crippen molar-refractivity contribution in [3.8, 4) is 0 Å². The number of rotatable bonds is 13. The second-order valence-electron chi connectivity index (χ2n) is 7.65. The molecule has 188 valence electrons. The number of carbonyl (C=O) groups is 3. The first-order valence-corrected chi connectivity index (χ1v) is 10.8. The van der Waals surface area contributed by atoms with Crippen molar-refractivity contribution < 1.29 is 39.2 Å². The molecule has 0 saturated heterocycles. The number of aliphatic hydroxyl groups is 2. The number of hydrogen-bond donors (Lipinski definition) is 7. The van der Waals surface area contributed by atoms with Gasteiger partial charge in [-0.2, -0.15) is 0 Å². The van der Waals surface area contributed by atoms with Crippen molar-refractivity contribution in [3.63, 3.8) is 0 Å². The number of carboxylic acid groups (broad SMARTS) is 1. The van der Waals surface area contributed by atoms with Crippen LogP contribution < -0.4 is 22.1 Å². The number of hydrogen-bond acceptors (Lipinski definition) is 8. The van der Waals surface area contributed by atoms with Gasteiger partial charge < -0.3 is 46.9 Å². The number of carboxylic acids is 1. The van der Waals surface area contributed by atoms with E-state index in [9.17, 15) is 29.7 Å². The van der Waals surface area contributed by atoms with E-state index >= 15 is 0 Å². The van der Waals surface area contributed by atoms with E-state index in [0.717, 1.165) is 38.2 Å². The Hall–Kier alpha value is -3.06. The summed E-state index contributed by atoms with van der Waals surface area (Å²) in [5.74, 6) is -2.97. The maximum Gasteiger partial charge on any atom is 0.407 e. The van der Waals surface area contributed by atoms with Crippen molar-refractivity contribution in [2.24, 2.45) is 16.5 Å². The maximum absolute atomic E-state index is 12.3. The lowest BCUT2D eigenvalue weighted by Gasteiger charge is -2.39. The van der Waals surface area contributed by atoms with Gasteiger partial charge in [0.1, 0.15) is 6.10 Å². The lowest BCUT2D eigenvalue weighted by Crippen LogP contribution is -2.61. The first-order chi connectivity index (χ1) is 15.6. The molecule has 0 bridgehead atoms. The highest BCUT2D eigenvalue weighted by molar-refractivity contribution is 5.85. The highest BCUT2D eigenvalue weighted by Crippen LogP contribution is 2.26. The molecular weight excluding hydrogens is 438 g/mol. The topological polar surface area (TPSA) is 219 Å². The molecule has 0 aromatic heterocycles. The monoisotopic (exact) mass is 473 g/mol. The van der Waals surface area contributed by atoms with E-state index < -0.39 is 66.7 Å².